The molecule has 0 heterocycles. The summed E-state index contributed by atoms with van der Waals surface area (Å²) < 4.78 is 42.9. The summed E-state index contributed by atoms with van der Waals surface area (Å²) in [4.78, 5) is 21.4. The normalized spacial score (nSPS) is 10.0. The van der Waals surface area contributed by atoms with Gasteiger partial charge in [-0.15, -0.1) is 0 Å². The first-order valence-corrected chi connectivity index (χ1v) is 6.79. The lowest BCUT2D eigenvalue weighted by Gasteiger charge is -2.06. The van der Waals surface area contributed by atoms with Gasteiger partial charge in [-0.2, -0.15) is 13.2 Å². The van der Waals surface area contributed by atoms with Crippen LogP contribution in [0, 0.1) is 0 Å². The Morgan fingerprint density at radius 2 is 1.42 bits per heavy atom. The highest BCUT2D eigenvalue weighted by Gasteiger charge is 2.29. The minimum Gasteiger partial charge on any atom is -0.457 e. The molecule has 0 aliphatic heterocycles. The van der Waals surface area contributed by atoms with E-state index in [1.54, 1.807) is 6.92 Å². The summed E-state index contributed by atoms with van der Waals surface area (Å²) in [6.07, 6.45) is -4.47. The van der Waals surface area contributed by atoms with E-state index in [-0.39, 0.29) is 11.5 Å². The molecule has 0 fully saturated rings. The number of hydrogen-bond donors (Lipinski definition) is 0. The van der Waals surface area contributed by atoms with Crippen molar-refractivity contribution >= 4 is 11.9 Å². The van der Waals surface area contributed by atoms with Crippen LogP contribution in [0.1, 0.15) is 19.4 Å². The van der Waals surface area contributed by atoms with Crippen molar-refractivity contribution in [1.82, 2.24) is 0 Å². The van der Waals surface area contributed by atoms with Crippen molar-refractivity contribution < 1.29 is 32.2 Å². The van der Waals surface area contributed by atoms with Crippen molar-refractivity contribution in [3.8, 4) is 0 Å². The van der Waals surface area contributed by atoms with E-state index in [9.17, 15) is 22.8 Å². The third-order valence-corrected chi connectivity index (χ3v) is 2.28. The maximum Gasteiger partial charge on any atom is 0.422 e. The Bertz CT molecular complexity index is 577. The van der Waals surface area contributed by atoms with Gasteiger partial charge in [0.2, 0.25) is 0 Å². The van der Waals surface area contributed by atoms with Crippen LogP contribution in [0.3, 0.4) is 0 Å². The fourth-order valence-corrected chi connectivity index (χ4v) is 1.12. The Labute approximate surface area is 138 Å². The predicted octanol–water partition coefficient (Wildman–Crippen LogP) is 3.97. The van der Waals surface area contributed by atoms with E-state index in [0.717, 1.165) is 5.56 Å². The maximum atomic E-state index is 11.4. The highest BCUT2D eigenvalue weighted by molar-refractivity contribution is 5.87. The number of benzene rings is 1. The fraction of sp³-hybridized carbons (Fsp3) is 0.294. The first-order valence-electron chi connectivity index (χ1n) is 6.79. The van der Waals surface area contributed by atoms with Crippen molar-refractivity contribution in [1.29, 1.82) is 0 Å². The second-order valence-corrected chi connectivity index (χ2v) is 4.81. The molecule has 0 aromatic heterocycles. The summed E-state index contributed by atoms with van der Waals surface area (Å²) >= 11 is 0. The Kier molecular flexibility index (Phi) is 9.15. The molecule has 0 unspecified atom stereocenters. The van der Waals surface area contributed by atoms with Gasteiger partial charge in [-0.3, -0.25) is 0 Å². The predicted molar refractivity (Wildman–Crippen MR) is 82.9 cm³/mol. The van der Waals surface area contributed by atoms with Gasteiger partial charge in [-0.1, -0.05) is 43.5 Å². The van der Waals surface area contributed by atoms with Gasteiger partial charge in [-0.25, -0.2) is 9.59 Å². The number of hydrogen-bond acceptors (Lipinski definition) is 4. The summed E-state index contributed by atoms with van der Waals surface area (Å²) in [5.74, 6) is -1.37. The van der Waals surface area contributed by atoms with Gasteiger partial charge in [0.25, 0.3) is 0 Å². The molecule has 132 valence electrons. The van der Waals surface area contributed by atoms with Crippen molar-refractivity contribution in [3.05, 3.63) is 60.2 Å². The topological polar surface area (TPSA) is 52.6 Å². The number of halogens is 3. The van der Waals surface area contributed by atoms with Gasteiger partial charge < -0.3 is 9.47 Å². The minimum atomic E-state index is -4.47. The molecular formula is C17H19F3O4. The molecule has 1 aromatic carbocycles. The highest BCUT2D eigenvalue weighted by atomic mass is 19.4. The lowest BCUT2D eigenvalue weighted by atomic mass is 10.2. The summed E-state index contributed by atoms with van der Waals surface area (Å²) in [6, 6.07) is 9.55. The third-order valence-electron chi connectivity index (χ3n) is 2.28. The van der Waals surface area contributed by atoms with E-state index in [1.807, 2.05) is 30.3 Å². The highest BCUT2D eigenvalue weighted by Crippen LogP contribution is 2.14. The van der Waals surface area contributed by atoms with E-state index in [2.05, 4.69) is 17.9 Å². The second-order valence-electron chi connectivity index (χ2n) is 4.81. The quantitative estimate of drug-likeness (QED) is 0.599. The average Bonchev–Trinajstić information content (AvgIpc) is 2.50. The van der Waals surface area contributed by atoms with E-state index >= 15 is 0 Å². The summed E-state index contributed by atoms with van der Waals surface area (Å²) in [6.45, 7) is 8.27. The minimum absolute atomic E-state index is 0.0470. The number of carbonyl (C=O) groups is 2. The molecule has 0 radical (unpaired) electrons. The van der Waals surface area contributed by atoms with Gasteiger partial charge in [0.05, 0.1) is 0 Å². The summed E-state index contributed by atoms with van der Waals surface area (Å²) in [5, 5.41) is 0. The standard InChI is InChI=1S/C11H12O2.C6H7F3O2/c1-9(2)11(12)13-8-10-6-4-3-5-7-10;1-4(2)5(10)11-3-6(7,8)9/h3-7H,1,8H2,2H3;1,3H2,2H3. The molecule has 7 heteroatoms. The molecule has 0 saturated heterocycles. The van der Waals surface area contributed by atoms with Crippen LogP contribution in [0.2, 0.25) is 0 Å². The van der Waals surface area contributed by atoms with Crippen LogP contribution in [0.4, 0.5) is 13.2 Å². The second kappa shape index (κ2) is 10.3. The largest absolute Gasteiger partial charge is 0.457 e. The molecule has 0 amide bonds. The molecule has 0 bridgehead atoms. The van der Waals surface area contributed by atoms with Crippen molar-refractivity contribution in [2.24, 2.45) is 0 Å². The van der Waals surface area contributed by atoms with Crippen LogP contribution in [0.15, 0.2) is 54.6 Å². The van der Waals surface area contributed by atoms with E-state index in [4.69, 9.17) is 4.74 Å². The third kappa shape index (κ3) is 11.1. The molecule has 0 saturated carbocycles. The fourth-order valence-electron chi connectivity index (χ4n) is 1.12. The molecule has 0 N–H and O–H groups in total. The number of carbonyl (C=O) groups excluding carboxylic acids is 2. The zero-order valence-corrected chi connectivity index (χ0v) is 13.5. The Morgan fingerprint density at radius 3 is 1.83 bits per heavy atom. The molecule has 0 aliphatic carbocycles. The number of rotatable bonds is 5. The van der Waals surface area contributed by atoms with E-state index in [1.165, 1.54) is 6.92 Å². The smallest absolute Gasteiger partial charge is 0.422 e. The molecular weight excluding hydrogens is 325 g/mol. The maximum absolute atomic E-state index is 11.4. The summed E-state index contributed by atoms with van der Waals surface area (Å²) in [7, 11) is 0. The van der Waals surface area contributed by atoms with Gasteiger partial charge in [0.15, 0.2) is 6.61 Å². The molecule has 1 rings (SSSR count). The Balaban J connectivity index is 0.000000449. The van der Waals surface area contributed by atoms with Crippen LogP contribution >= 0.6 is 0 Å². The number of esters is 2. The first kappa shape index (κ1) is 21.4. The zero-order valence-electron chi connectivity index (χ0n) is 13.5. The Morgan fingerprint density at radius 1 is 0.958 bits per heavy atom. The van der Waals surface area contributed by atoms with Crippen LogP contribution in [-0.4, -0.2) is 24.7 Å². The molecule has 4 nitrogen and oxygen atoms in total. The molecule has 0 aliphatic rings. The molecule has 1 aromatic rings. The Hall–Kier alpha value is -2.57. The molecule has 0 spiro atoms. The zero-order chi connectivity index (χ0) is 18.8. The van der Waals surface area contributed by atoms with Gasteiger partial charge in [-0.05, 0) is 19.4 Å². The molecule has 24 heavy (non-hydrogen) atoms. The van der Waals surface area contributed by atoms with Gasteiger partial charge >= 0.3 is 18.1 Å². The van der Waals surface area contributed by atoms with Crippen LogP contribution in [0.5, 0.6) is 0 Å². The van der Waals surface area contributed by atoms with Crippen LogP contribution < -0.4 is 0 Å². The number of alkyl halides is 3. The first-order chi connectivity index (χ1) is 11.0. The lowest BCUT2D eigenvalue weighted by molar-refractivity contribution is -0.183. The van der Waals surface area contributed by atoms with Gasteiger partial charge in [0.1, 0.15) is 6.61 Å². The van der Waals surface area contributed by atoms with Crippen LogP contribution in [0.25, 0.3) is 0 Å². The molecule has 0 atom stereocenters. The van der Waals surface area contributed by atoms with Crippen LogP contribution in [-0.2, 0) is 25.7 Å². The monoisotopic (exact) mass is 344 g/mol. The van der Waals surface area contributed by atoms with Crippen molar-refractivity contribution in [2.45, 2.75) is 26.6 Å². The van der Waals surface area contributed by atoms with Crippen molar-refractivity contribution in [2.75, 3.05) is 6.61 Å². The van der Waals surface area contributed by atoms with Crippen molar-refractivity contribution in [3.63, 3.8) is 0 Å². The van der Waals surface area contributed by atoms with Gasteiger partial charge in [0, 0.05) is 11.1 Å². The summed E-state index contributed by atoms with van der Waals surface area (Å²) in [5.41, 5.74) is 1.36. The lowest BCUT2D eigenvalue weighted by Crippen LogP contribution is -2.20. The van der Waals surface area contributed by atoms with E-state index < -0.39 is 18.8 Å². The average molecular weight is 344 g/mol. The van der Waals surface area contributed by atoms with E-state index in [0.29, 0.717) is 12.2 Å². The number of ether oxygens (including phenoxy) is 2. The SMILES string of the molecule is C=C(C)C(=O)OCC(F)(F)F.C=C(C)C(=O)OCc1ccccc1.